The van der Waals surface area contributed by atoms with Gasteiger partial charge in [0.1, 0.15) is 5.69 Å². The lowest BCUT2D eigenvalue weighted by molar-refractivity contribution is 0.111. The van der Waals surface area contributed by atoms with E-state index in [0.717, 1.165) is 31.2 Å². The molecule has 1 rings (SSSR count). The largest absolute Gasteiger partial charge is 0.382 e. The van der Waals surface area contributed by atoms with Crippen molar-refractivity contribution in [1.82, 2.24) is 15.0 Å². The van der Waals surface area contributed by atoms with Crippen LogP contribution < -0.4 is 0 Å². The highest BCUT2D eigenvalue weighted by Gasteiger charge is 2.17. The van der Waals surface area contributed by atoms with Crippen LogP contribution in [0.5, 0.6) is 0 Å². The predicted octanol–water partition coefficient (Wildman–Crippen LogP) is 1.64. The molecule has 0 fully saturated rings. The van der Waals surface area contributed by atoms with E-state index in [9.17, 15) is 4.79 Å². The van der Waals surface area contributed by atoms with Gasteiger partial charge in [0, 0.05) is 7.11 Å². The summed E-state index contributed by atoms with van der Waals surface area (Å²) >= 11 is 0. The summed E-state index contributed by atoms with van der Waals surface area (Å²) in [7, 11) is 1.67. The van der Waals surface area contributed by atoms with Crippen LogP contribution in [-0.2, 0) is 11.2 Å². The molecule has 0 aliphatic heterocycles. The first-order valence-electron chi connectivity index (χ1n) is 5.66. The highest BCUT2D eigenvalue weighted by atomic mass is 16.5. The Bertz CT molecular complexity index is 336. The minimum absolute atomic E-state index is 0.160. The van der Waals surface area contributed by atoms with Crippen LogP contribution >= 0.6 is 0 Å². The summed E-state index contributed by atoms with van der Waals surface area (Å²) in [5, 5.41) is 7.94. The van der Waals surface area contributed by atoms with E-state index in [1.807, 2.05) is 4.68 Å². The lowest BCUT2D eigenvalue weighted by Crippen LogP contribution is -2.18. The second-order valence-electron chi connectivity index (χ2n) is 3.75. The number of methoxy groups -OCH3 is 1. The Labute approximate surface area is 95.8 Å². The summed E-state index contributed by atoms with van der Waals surface area (Å²) in [5.41, 5.74) is 1.37. The molecule has 5 nitrogen and oxygen atoms in total. The van der Waals surface area contributed by atoms with Crippen LogP contribution in [0.25, 0.3) is 0 Å². The molecule has 0 saturated carbocycles. The van der Waals surface area contributed by atoms with Gasteiger partial charge >= 0.3 is 0 Å². The normalized spacial score (nSPS) is 12.7. The number of hydrogen-bond acceptors (Lipinski definition) is 4. The van der Waals surface area contributed by atoms with Gasteiger partial charge in [-0.3, -0.25) is 4.79 Å². The van der Waals surface area contributed by atoms with E-state index in [2.05, 4.69) is 24.2 Å². The fourth-order valence-electron chi connectivity index (χ4n) is 1.74. The van der Waals surface area contributed by atoms with Crippen molar-refractivity contribution in [3.63, 3.8) is 0 Å². The van der Waals surface area contributed by atoms with E-state index < -0.39 is 0 Å². The lowest BCUT2D eigenvalue weighted by Gasteiger charge is -2.16. The molecule has 90 valence electrons. The molecule has 0 aromatic carbocycles. The molecule has 0 N–H and O–H groups in total. The number of aromatic nitrogens is 3. The predicted molar refractivity (Wildman–Crippen MR) is 60.6 cm³/mol. The van der Waals surface area contributed by atoms with Crippen molar-refractivity contribution in [1.29, 1.82) is 0 Å². The maximum absolute atomic E-state index is 10.8. The highest BCUT2D eigenvalue weighted by molar-refractivity contribution is 5.73. The van der Waals surface area contributed by atoms with E-state index in [1.165, 1.54) is 0 Å². The molecular weight excluding hydrogens is 206 g/mol. The molecule has 1 heterocycles. The number of ether oxygens (including phenoxy) is 1. The van der Waals surface area contributed by atoms with E-state index in [1.54, 1.807) is 7.11 Å². The van der Waals surface area contributed by atoms with Crippen LogP contribution in [0.2, 0.25) is 0 Å². The number of carbonyl (C=O) groups is 1. The van der Waals surface area contributed by atoms with Gasteiger partial charge in [-0.05, 0) is 12.8 Å². The molecule has 1 aromatic rings. The van der Waals surface area contributed by atoms with Gasteiger partial charge in [-0.1, -0.05) is 25.5 Å². The standard InChI is InChI=1S/C11H19N3O2/c1-4-6-11-10(7-15)12-13-14(11)9(5-2)8-16-3/h7,9H,4-6,8H2,1-3H3. The van der Waals surface area contributed by atoms with E-state index in [4.69, 9.17) is 4.74 Å². The summed E-state index contributed by atoms with van der Waals surface area (Å²) in [6.45, 7) is 4.74. The zero-order chi connectivity index (χ0) is 12.0. The first-order chi connectivity index (χ1) is 7.78. The van der Waals surface area contributed by atoms with Crippen molar-refractivity contribution < 1.29 is 9.53 Å². The van der Waals surface area contributed by atoms with Gasteiger partial charge in [0.25, 0.3) is 0 Å². The Hall–Kier alpha value is -1.23. The summed E-state index contributed by atoms with van der Waals surface area (Å²) in [6, 6.07) is 0.160. The van der Waals surface area contributed by atoms with Crippen LogP contribution in [0.3, 0.4) is 0 Å². The second kappa shape index (κ2) is 6.37. The molecule has 0 amide bonds. The van der Waals surface area contributed by atoms with Crippen molar-refractivity contribution in [2.45, 2.75) is 39.2 Å². The van der Waals surface area contributed by atoms with Gasteiger partial charge in [0.2, 0.25) is 0 Å². The Balaban J connectivity index is 3.00. The highest BCUT2D eigenvalue weighted by Crippen LogP contribution is 2.16. The Kier molecular flexibility index (Phi) is 5.11. The second-order valence-corrected chi connectivity index (χ2v) is 3.75. The molecule has 1 unspecified atom stereocenters. The SMILES string of the molecule is CCCc1c(C=O)nnn1C(CC)COC. The Morgan fingerprint density at radius 1 is 1.50 bits per heavy atom. The monoisotopic (exact) mass is 225 g/mol. The van der Waals surface area contributed by atoms with Gasteiger partial charge in [-0.2, -0.15) is 0 Å². The third-order valence-electron chi connectivity index (χ3n) is 2.60. The molecule has 1 atom stereocenters. The summed E-state index contributed by atoms with van der Waals surface area (Å²) < 4.78 is 6.98. The minimum Gasteiger partial charge on any atom is -0.382 e. The smallest absolute Gasteiger partial charge is 0.172 e. The van der Waals surface area contributed by atoms with E-state index >= 15 is 0 Å². The molecule has 0 radical (unpaired) electrons. The average molecular weight is 225 g/mol. The lowest BCUT2D eigenvalue weighted by atomic mass is 10.2. The van der Waals surface area contributed by atoms with Crippen molar-refractivity contribution in [2.75, 3.05) is 13.7 Å². The number of aldehydes is 1. The molecule has 0 saturated heterocycles. The van der Waals surface area contributed by atoms with Gasteiger partial charge in [-0.25, -0.2) is 4.68 Å². The average Bonchev–Trinajstić information content (AvgIpc) is 2.69. The van der Waals surface area contributed by atoms with Gasteiger partial charge < -0.3 is 4.74 Å². The van der Waals surface area contributed by atoms with E-state index in [-0.39, 0.29) is 6.04 Å². The van der Waals surface area contributed by atoms with Crippen molar-refractivity contribution in [3.05, 3.63) is 11.4 Å². The summed E-state index contributed by atoms with van der Waals surface area (Å²) in [6.07, 6.45) is 3.47. The zero-order valence-electron chi connectivity index (χ0n) is 10.1. The van der Waals surface area contributed by atoms with Crippen molar-refractivity contribution in [3.8, 4) is 0 Å². The summed E-state index contributed by atoms with van der Waals surface area (Å²) in [5.74, 6) is 0. The molecule has 0 aliphatic carbocycles. The van der Waals surface area contributed by atoms with E-state index in [0.29, 0.717) is 12.3 Å². The van der Waals surface area contributed by atoms with Gasteiger partial charge in [0.15, 0.2) is 6.29 Å². The third-order valence-corrected chi connectivity index (χ3v) is 2.60. The third kappa shape index (κ3) is 2.66. The summed E-state index contributed by atoms with van der Waals surface area (Å²) in [4.78, 5) is 10.8. The van der Waals surface area contributed by atoms with Crippen molar-refractivity contribution >= 4 is 6.29 Å². The Morgan fingerprint density at radius 3 is 2.75 bits per heavy atom. The quantitative estimate of drug-likeness (QED) is 0.662. The number of hydrogen-bond donors (Lipinski definition) is 0. The first-order valence-corrected chi connectivity index (χ1v) is 5.66. The maximum Gasteiger partial charge on any atom is 0.172 e. The first kappa shape index (κ1) is 12.8. The van der Waals surface area contributed by atoms with Crippen LogP contribution in [0.1, 0.15) is 48.9 Å². The number of rotatable bonds is 7. The molecular formula is C11H19N3O2. The zero-order valence-corrected chi connectivity index (χ0v) is 10.1. The maximum atomic E-state index is 10.8. The van der Waals surface area contributed by atoms with Crippen LogP contribution in [0, 0.1) is 0 Å². The van der Waals surface area contributed by atoms with Gasteiger partial charge in [0.05, 0.1) is 18.3 Å². The van der Waals surface area contributed by atoms with Crippen LogP contribution in [0.4, 0.5) is 0 Å². The minimum atomic E-state index is 0.160. The molecule has 0 bridgehead atoms. The van der Waals surface area contributed by atoms with Gasteiger partial charge in [-0.15, -0.1) is 5.10 Å². The molecule has 5 heteroatoms. The van der Waals surface area contributed by atoms with Crippen LogP contribution in [0.15, 0.2) is 0 Å². The van der Waals surface area contributed by atoms with Crippen LogP contribution in [-0.4, -0.2) is 35.0 Å². The molecule has 0 spiro atoms. The fourth-order valence-corrected chi connectivity index (χ4v) is 1.74. The number of nitrogens with zero attached hydrogens (tertiary/aromatic N) is 3. The molecule has 1 aromatic heterocycles. The molecule has 16 heavy (non-hydrogen) atoms. The number of carbonyl (C=O) groups excluding carboxylic acids is 1. The molecule has 0 aliphatic rings. The fraction of sp³-hybridized carbons (Fsp3) is 0.727. The van der Waals surface area contributed by atoms with Crippen molar-refractivity contribution in [2.24, 2.45) is 0 Å². The Morgan fingerprint density at radius 2 is 2.25 bits per heavy atom. The topological polar surface area (TPSA) is 57.0 Å².